The lowest BCUT2D eigenvalue weighted by molar-refractivity contribution is 0.0952. The fourth-order valence-electron chi connectivity index (χ4n) is 2.70. The lowest BCUT2D eigenvalue weighted by Crippen LogP contribution is -2.13. The van der Waals surface area contributed by atoms with E-state index in [0.29, 0.717) is 22.9 Å². The van der Waals surface area contributed by atoms with Crippen LogP contribution in [0, 0.1) is 0 Å². The van der Waals surface area contributed by atoms with Crippen molar-refractivity contribution in [2.24, 2.45) is 7.05 Å². The van der Waals surface area contributed by atoms with Crippen LogP contribution in [0.5, 0.6) is 17.2 Å². The van der Waals surface area contributed by atoms with Gasteiger partial charge < -0.3 is 18.8 Å². The molecule has 0 aliphatic carbocycles. The maximum atomic E-state index is 12.6. The molecule has 23 heavy (non-hydrogen) atoms. The molecule has 0 amide bonds. The monoisotopic (exact) mass is 315 g/mol. The molecule has 120 valence electrons. The Morgan fingerprint density at radius 2 is 1.83 bits per heavy atom. The van der Waals surface area contributed by atoms with Gasteiger partial charge in [-0.1, -0.05) is 0 Å². The average molecular weight is 315 g/mol. The number of hydrogen-bond donors (Lipinski definition) is 0. The largest absolute Gasteiger partial charge is 0.493 e. The Labute approximate surface area is 133 Å². The zero-order valence-electron chi connectivity index (χ0n) is 13.4. The van der Waals surface area contributed by atoms with Gasteiger partial charge in [0.2, 0.25) is 5.75 Å². The third kappa shape index (κ3) is 2.21. The van der Waals surface area contributed by atoms with Crippen LogP contribution in [0.25, 0.3) is 10.9 Å². The van der Waals surface area contributed by atoms with Gasteiger partial charge in [-0.3, -0.25) is 9.36 Å². The maximum Gasteiger partial charge on any atom is 0.279 e. The summed E-state index contributed by atoms with van der Waals surface area (Å²) in [4.78, 5) is 16.5. The summed E-state index contributed by atoms with van der Waals surface area (Å²) >= 11 is 0. The van der Waals surface area contributed by atoms with Gasteiger partial charge in [0.15, 0.2) is 11.5 Å². The number of fused-ring (bicyclic) bond motifs is 1. The summed E-state index contributed by atoms with van der Waals surface area (Å²) in [6.07, 6.45) is 4.64. The van der Waals surface area contributed by atoms with E-state index in [9.17, 15) is 4.79 Å². The lowest BCUT2D eigenvalue weighted by atomic mass is 10.2. The van der Waals surface area contributed by atoms with Crippen molar-refractivity contribution in [3.05, 3.63) is 36.5 Å². The van der Waals surface area contributed by atoms with Crippen LogP contribution in [0.2, 0.25) is 0 Å². The Morgan fingerprint density at radius 1 is 1.09 bits per heavy atom. The standard InChI is InChI=1S/C16H17N3O4/c1-18-11(16(20)19-6-5-17-9-19)7-10-8-12(21-2)14(22-3)15(23-4)13(10)18/h5-9H,1-4H3. The summed E-state index contributed by atoms with van der Waals surface area (Å²) in [7, 11) is 6.47. The van der Waals surface area contributed by atoms with Crippen LogP contribution in [0.15, 0.2) is 30.9 Å². The van der Waals surface area contributed by atoms with Gasteiger partial charge in [-0.15, -0.1) is 0 Å². The zero-order valence-corrected chi connectivity index (χ0v) is 13.4. The van der Waals surface area contributed by atoms with Crippen molar-refractivity contribution in [1.29, 1.82) is 0 Å². The molecule has 7 nitrogen and oxygen atoms in total. The summed E-state index contributed by atoms with van der Waals surface area (Å²) in [6, 6.07) is 3.61. The summed E-state index contributed by atoms with van der Waals surface area (Å²) < 4.78 is 19.5. The van der Waals surface area contributed by atoms with Crippen LogP contribution in [0.1, 0.15) is 10.5 Å². The van der Waals surface area contributed by atoms with E-state index in [4.69, 9.17) is 14.2 Å². The molecule has 0 saturated carbocycles. The molecule has 0 unspecified atom stereocenters. The Kier molecular flexibility index (Phi) is 3.69. The van der Waals surface area contributed by atoms with E-state index < -0.39 is 0 Å². The van der Waals surface area contributed by atoms with E-state index in [0.717, 1.165) is 10.9 Å². The van der Waals surface area contributed by atoms with E-state index in [1.54, 1.807) is 51.4 Å². The second-order valence-electron chi connectivity index (χ2n) is 4.95. The van der Waals surface area contributed by atoms with Gasteiger partial charge in [-0.2, -0.15) is 0 Å². The first-order valence-electron chi connectivity index (χ1n) is 6.93. The molecule has 0 spiro atoms. The van der Waals surface area contributed by atoms with Crippen molar-refractivity contribution in [1.82, 2.24) is 14.1 Å². The SMILES string of the molecule is COc1cc2cc(C(=O)n3ccnc3)n(C)c2c(OC)c1OC. The van der Waals surface area contributed by atoms with Crippen molar-refractivity contribution >= 4 is 16.8 Å². The molecule has 0 aliphatic heterocycles. The first-order chi connectivity index (χ1) is 11.1. The molecular formula is C16H17N3O4. The van der Waals surface area contributed by atoms with E-state index >= 15 is 0 Å². The van der Waals surface area contributed by atoms with Crippen molar-refractivity contribution in [2.75, 3.05) is 21.3 Å². The molecule has 3 aromatic rings. The molecule has 1 aromatic carbocycles. The van der Waals surface area contributed by atoms with Crippen LogP contribution in [-0.4, -0.2) is 41.4 Å². The number of hydrogen-bond acceptors (Lipinski definition) is 5. The van der Waals surface area contributed by atoms with Crippen molar-refractivity contribution in [2.45, 2.75) is 0 Å². The van der Waals surface area contributed by atoms with Gasteiger partial charge in [0, 0.05) is 24.8 Å². The molecule has 2 heterocycles. The highest BCUT2D eigenvalue weighted by molar-refractivity contribution is 6.02. The number of aromatic nitrogens is 3. The highest BCUT2D eigenvalue weighted by Crippen LogP contribution is 2.44. The van der Waals surface area contributed by atoms with Gasteiger partial charge in [0.25, 0.3) is 5.91 Å². The van der Waals surface area contributed by atoms with Crippen molar-refractivity contribution in [3.63, 3.8) is 0 Å². The Balaban J connectivity index is 2.28. The second kappa shape index (κ2) is 5.68. The highest BCUT2D eigenvalue weighted by atomic mass is 16.5. The van der Waals surface area contributed by atoms with Gasteiger partial charge in [-0.05, 0) is 12.1 Å². The Morgan fingerprint density at radius 3 is 2.39 bits per heavy atom. The van der Waals surface area contributed by atoms with Gasteiger partial charge >= 0.3 is 0 Å². The van der Waals surface area contributed by atoms with Crippen LogP contribution in [0.3, 0.4) is 0 Å². The maximum absolute atomic E-state index is 12.6. The molecule has 0 bridgehead atoms. The van der Waals surface area contributed by atoms with Crippen LogP contribution in [-0.2, 0) is 7.05 Å². The Bertz CT molecular complexity index is 865. The molecule has 0 N–H and O–H groups in total. The van der Waals surface area contributed by atoms with E-state index in [1.807, 2.05) is 6.07 Å². The van der Waals surface area contributed by atoms with Crippen molar-refractivity contribution in [3.8, 4) is 17.2 Å². The summed E-state index contributed by atoms with van der Waals surface area (Å²) in [6.45, 7) is 0. The third-order valence-corrected chi connectivity index (χ3v) is 3.78. The molecule has 2 aromatic heterocycles. The zero-order chi connectivity index (χ0) is 16.6. The summed E-state index contributed by atoms with van der Waals surface area (Å²) in [5, 5.41) is 0.825. The van der Waals surface area contributed by atoms with Crippen molar-refractivity contribution < 1.29 is 19.0 Å². The molecule has 0 aliphatic rings. The third-order valence-electron chi connectivity index (χ3n) is 3.78. The lowest BCUT2D eigenvalue weighted by Gasteiger charge is -2.14. The first-order valence-corrected chi connectivity index (χ1v) is 6.93. The number of benzene rings is 1. The number of carbonyl (C=O) groups excluding carboxylic acids is 1. The predicted molar refractivity (Wildman–Crippen MR) is 84.5 cm³/mol. The topological polar surface area (TPSA) is 67.5 Å². The van der Waals surface area contributed by atoms with E-state index in [-0.39, 0.29) is 5.91 Å². The van der Waals surface area contributed by atoms with Crippen LogP contribution < -0.4 is 14.2 Å². The summed E-state index contributed by atoms with van der Waals surface area (Å²) in [5.41, 5.74) is 1.26. The molecular weight excluding hydrogens is 298 g/mol. The molecule has 0 radical (unpaired) electrons. The van der Waals surface area contributed by atoms with Gasteiger partial charge in [0.05, 0.1) is 26.8 Å². The number of imidazole rings is 1. The molecule has 0 atom stereocenters. The number of aryl methyl sites for hydroxylation is 1. The number of methoxy groups -OCH3 is 3. The second-order valence-corrected chi connectivity index (χ2v) is 4.95. The fraction of sp³-hybridized carbons (Fsp3) is 0.250. The van der Waals surface area contributed by atoms with Crippen LogP contribution >= 0.6 is 0 Å². The van der Waals surface area contributed by atoms with Gasteiger partial charge in [0.1, 0.15) is 12.0 Å². The number of rotatable bonds is 4. The number of carbonyl (C=O) groups is 1. The smallest absolute Gasteiger partial charge is 0.279 e. The van der Waals surface area contributed by atoms with E-state index in [2.05, 4.69) is 4.98 Å². The van der Waals surface area contributed by atoms with Gasteiger partial charge in [-0.25, -0.2) is 4.98 Å². The minimum Gasteiger partial charge on any atom is -0.493 e. The quantitative estimate of drug-likeness (QED) is 0.737. The first kappa shape index (κ1) is 15.0. The molecule has 3 rings (SSSR count). The highest BCUT2D eigenvalue weighted by Gasteiger charge is 2.22. The minimum absolute atomic E-state index is 0.179. The minimum atomic E-state index is -0.179. The van der Waals surface area contributed by atoms with Crippen LogP contribution in [0.4, 0.5) is 0 Å². The fourth-order valence-corrected chi connectivity index (χ4v) is 2.70. The molecule has 0 saturated heterocycles. The Hall–Kier alpha value is -2.96. The number of ether oxygens (including phenoxy) is 3. The number of nitrogens with zero attached hydrogens (tertiary/aromatic N) is 3. The average Bonchev–Trinajstić information content (AvgIpc) is 3.21. The van der Waals surface area contributed by atoms with E-state index in [1.165, 1.54) is 10.9 Å². The summed E-state index contributed by atoms with van der Waals surface area (Å²) in [5.74, 6) is 1.38. The molecule has 0 fully saturated rings. The predicted octanol–water partition coefficient (Wildman–Crippen LogP) is 2.09. The normalized spacial score (nSPS) is 10.8. The molecule has 7 heteroatoms.